The van der Waals surface area contributed by atoms with Crippen LogP contribution >= 0.6 is 0 Å². The quantitative estimate of drug-likeness (QED) is 0.678. The van der Waals surface area contributed by atoms with E-state index in [9.17, 15) is 4.79 Å². The molecule has 2 rings (SSSR count). The van der Waals surface area contributed by atoms with Gasteiger partial charge < -0.3 is 9.30 Å². The SMILES string of the molecule is Cn1cc([C@H]2CCCCO2)ccc1=O. The first-order valence-corrected chi connectivity index (χ1v) is 5.05. The van der Waals surface area contributed by atoms with Gasteiger partial charge in [-0.3, -0.25) is 4.79 Å². The molecule has 1 saturated heterocycles. The summed E-state index contributed by atoms with van der Waals surface area (Å²) in [5.41, 5.74) is 1.15. The smallest absolute Gasteiger partial charge is 0.250 e. The van der Waals surface area contributed by atoms with E-state index in [1.54, 1.807) is 17.7 Å². The lowest BCUT2D eigenvalue weighted by atomic mass is 10.0. The summed E-state index contributed by atoms with van der Waals surface area (Å²) in [6.07, 6.45) is 5.50. The van der Waals surface area contributed by atoms with E-state index < -0.39 is 0 Å². The Kier molecular flexibility index (Phi) is 2.68. The van der Waals surface area contributed by atoms with Crippen LogP contribution in [0.2, 0.25) is 0 Å². The molecule has 1 aromatic heterocycles. The summed E-state index contributed by atoms with van der Waals surface area (Å²) >= 11 is 0. The van der Waals surface area contributed by atoms with Gasteiger partial charge in [0.15, 0.2) is 0 Å². The van der Waals surface area contributed by atoms with E-state index in [0.717, 1.165) is 25.0 Å². The standard InChI is InChI=1S/C11H15NO2/c1-12-8-9(5-6-11(12)13)10-4-2-3-7-14-10/h5-6,8,10H,2-4,7H2,1H3/t10-/m1/s1. The minimum atomic E-state index is 0.0320. The molecule has 0 amide bonds. The minimum absolute atomic E-state index is 0.0320. The molecule has 76 valence electrons. The molecule has 3 nitrogen and oxygen atoms in total. The lowest BCUT2D eigenvalue weighted by Crippen LogP contribution is -2.18. The van der Waals surface area contributed by atoms with E-state index in [4.69, 9.17) is 4.74 Å². The number of ether oxygens (including phenoxy) is 1. The number of aromatic nitrogens is 1. The minimum Gasteiger partial charge on any atom is -0.373 e. The van der Waals surface area contributed by atoms with E-state index in [1.165, 1.54) is 6.42 Å². The Morgan fingerprint density at radius 1 is 1.43 bits per heavy atom. The highest BCUT2D eigenvalue weighted by Gasteiger charge is 2.16. The fourth-order valence-electron chi connectivity index (χ4n) is 1.81. The molecule has 1 aliphatic rings. The van der Waals surface area contributed by atoms with E-state index >= 15 is 0 Å². The van der Waals surface area contributed by atoms with Gasteiger partial charge in [-0.2, -0.15) is 0 Å². The van der Waals surface area contributed by atoms with Gasteiger partial charge in [0.2, 0.25) is 5.56 Å². The predicted molar refractivity (Wildman–Crippen MR) is 54.2 cm³/mol. The number of rotatable bonds is 1. The molecule has 0 aliphatic carbocycles. The van der Waals surface area contributed by atoms with Gasteiger partial charge in [-0.05, 0) is 30.9 Å². The highest BCUT2D eigenvalue weighted by atomic mass is 16.5. The van der Waals surface area contributed by atoms with Crippen LogP contribution in [0.15, 0.2) is 23.1 Å². The summed E-state index contributed by atoms with van der Waals surface area (Å²) in [7, 11) is 1.77. The second-order valence-electron chi connectivity index (χ2n) is 3.77. The number of hydrogen-bond donors (Lipinski definition) is 0. The third kappa shape index (κ3) is 1.87. The van der Waals surface area contributed by atoms with Crippen LogP contribution in [0.3, 0.4) is 0 Å². The zero-order valence-corrected chi connectivity index (χ0v) is 8.40. The first kappa shape index (κ1) is 9.46. The van der Waals surface area contributed by atoms with Gasteiger partial charge in [-0.1, -0.05) is 0 Å². The average Bonchev–Trinajstić information content (AvgIpc) is 2.23. The van der Waals surface area contributed by atoms with Crippen molar-refractivity contribution >= 4 is 0 Å². The Bertz CT molecular complexity index is 364. The molecule has 1 atom stereocenters. The molecule has 0 bridgehead atoms. The maximum Gasteiger partial charge on any atom is 0.250 e. The largest absolute Gasteiger partial charge is 0.373 e. The first-order chi connectivity index (χ1) is 6.77. The van der Waals surface area contributed by atoms with Crippen molar-refractivity contribution < 1.29 is 4.74 Å². The highest BCUT2D eigenvalue weighted by Crippen LogP contribution is 2.26. The van der Waals surface area contributed by atoms with Crippen molar-refractivity contribution in [1.82, 2.24) is 4.57 Å². The van der Waals surface area contributed by atoms with Crippen molar-refractivity contribution in [3.05, 3.63) is 34.2 Å². The summed E-state index contributed by atoms with van der Waals surface area (Å²) in [5, 5.41) is 0. The van der Waals surface area contributed by atoms with Gasteiger partial charge >= 0.3 is 0 Å². The van der Waals surface area contributed by atoms with E-state index in [-0.39, 0.29) is 11.7 Å². The molecule has 0 N–H and O–H groups in total. The monoisotopic (exact) mass is 193 g/mol. The molecule has 2 heterocycles. The van der Waals surface area contributed by atoms with Gasteiger partial charge in [0.1, 0.15) is 0 Å². The molecular formula is C11H15NO2. The number of aryl methyl sites for hydroxylation is 1. The lowest BCUT2D eigenvalue weighted by Gasteiger charge is -2.22. The molecule has 0 spiro atoms. The van der Waals surface area contributed by atoms with Crippen molar-refractivity contribution in [2.45, 2.75) is 25.4 Å². The molecule has 1 fully saturated rings. The second-order valence-corrected chi connectivity index (χ2v) is 3.77. The Morgan fingerprint density at radius 2 is 2.29 bits per heavy atom. The second kappa shape index (κ2) is 3.96. The van der Waals surface area contributed by atoms with Gasteiger partial charge in [-0.15, -0.1) is 0 Å². The van der Waals surface area contributed by atoms with E-state index in [2.05, 4.69) is 0 Å². The van der Waals surface area contributed by atoms with Crippen LogP contribution in [0.25, 0.3) is 0 Å². The molecule has 0 aromatic carbocycles. The molecule has 3 heteroatoms. The maximum atomic E-state index is 11.2. The fraction of sp³-hybridized carbons (Fsp3) is 0.545. The van der Waals surface area contributed by atoms with Crippen LogP contribution in [0.4, 0.5) is 0 Å². The third-order valence-electron chi connectivity index (χ3n) is 2.66. The molecule has 0 unspecified atom stereocenters. The van der Waals surface area contributed by atoms with Gasteiger partial charge in [-0.25, -0.2) is 0 Å². The third-order valence-corrected chi connectivity index (χ3v) is 2.66. The summed E-state index contributed by atoms with van der Waals surface area (Å²) in [6, 6.07) is 3.48. The van der Waals surface area contributed by atoms with Crippen molar-refractivity contribution in [3.63, 3.8) is 0 Å². The topological polar surface area (TPSA) is 31.2 Å². The fourth-order valence-corrected chi connectivity index (χ4v) is 1.81. The predicted octanol–water partition coefficient (Wildman–Crippen LogP) is 1.63. The molecule has 1 aliphatic heterocycles. The highest BCUT2D eigenvalue weighted by molar-refractivity contribution is 5.13. The van der Waals surface area contributed by atoms with Crippen molar-refractivity contribution in [2.24, 2.45) is 7.05 Å². The number of pyridine rings is 1. The maximum absolute atomic E-state index is 11.2. The molecule has 0 radical (unpaired) electrons. The van der Waals surface area contributed by atoms with E-state index in [1.807, 2.05) is 12.3 Å². The van der Waals surface area contributed by atoms with Gasteiger partial charge in [0, 0.05) is 25.9 Å². The zero-order valence-electron chi connectivity index (χ0n) is 8.40. The van der Waals surface area contributed by atoms with Crippen LogP contribution in [0.1, 0.15) is 30.9 Å². The van der Waals surface area contributed by atoms with Crippen molar-refractivity contribution in [3.8, 4) is 0 Å². The van der Waals surface area contributed by atoms with Crippen LogP contribution in [0.5, 0.6) is 0 Å². The van der Waals surface area contributed by atoms with Crippen LogP contribution in [-0.2, 0) is 11.8 Å². The normalized spacial score (nSPS) is 22.2. The van der Waals surface area contributed by atoms with Crippen molar-refractivity contribution in [2.75, 3.05) is 6.61 Å². The average molecular weight is 193 g/mol. The molecule has 14 heavy (non-hydrogen) atoms. The summed E-state index contributed by atoms with van der Waals surface area (Å²) < 4.78 is 7.25. The lowest BCUT2D eigenvalue weighted by molar-refractivity contribution is 0.0146. The molecular weight excluding hydrogens is 178 g/mol. The molecule has 0 saturated carbocycles. The Hall–Kier alpha value is -1.09. The summed E-state index contributed by atoms with van der Waals surface area (Å²) in [4.78, 5) is 11.2. The van der Waals surface area contributed by atoms with Crippen molar-refractivity contribution in [1.29, 1.82) is 0 Å². The molecule has 1 aromatic rings. The van der Waals surface area contributed by atoms with Crippen LogP contribution in [0, 0.1) is 0 Å². The summed E-state index contributed by atoms with van der Waals surface area (Å²) in [5.74, 6) is 0. The van der Waals surface area contributed by atoms with Gasteiger partial charge in [0.05, 0.1) is 6.10 Å². The first-order valence-electron chi connectivity index (χ1n) is 5.05. The van der Waals surface area contributed by atoms with Crippen LogP contribution in [-0.4, -0.2) is 11.2 Å². The zero-order chi connectivity index (χ0) is 9.97. The number of nitrogens with zero attached hydrogens (tertiary/aromatic N) is 1. The van der Waals surface area contributed by atoms with Gasteiger partial charge in [0.25, 0.3) is 0 Å². The Balaban J connectivity index is 2.22. The van der Waals surface area contributed by atoms with Crippen LogP contribution < -0.4 is 5.56 Å². The Labute approximate surface area is 83.3 Å². The number of hydrogen-bond acceptors (Lipinski definition) is 2. The summed E-state index contributed by atoms with van der Waals surface area (Å²) in [6.45, 7) is 0.841. The Morgan fingerprint density at radius 3 is 2.93 bits per heavy atom. The van der Waals surface area contributed by atoms with E-state index in [0.29, 0.717) is 0 Å².